The molecule has 8 heteroatoms. The molecule has 8 nitrogen and oxygen atoms in total. The molecule has 0 aliphatic rings. The third-order valence-corrected chi connectivity index (χ3v) is 4.05. The standard InChI is InChI=1S/C21H25NO7/c1-14(20(24)29-21(2,3)4)15-7-8-17-13-18(10-9-16(17)12-15)28-19(23)6-5-11-27-22(25)26/h7-10,12-14H,5-6,11H2,1-4H3. The Labute approximate surface area is 168 Å². The molecule has 29 heavy (non-hydrogen) atoms. The number of rotatable bonds is 8. The van der Waals surface area contributed by atoms with Gasteiger partial charge in [0.15, 0.2) is 0 Å². The smallest absolute Gasteiger partial charge is 0.313 e. The maximum atomic E-state index is 12.3. The van der Waals surface area contributed by atoms with Crippen molar-refractivity contribution in [2.45, 2.75) is 52.1 Å². The van der Waals surface area contributed by atoms with Gasteiger partial charge in [0.05, 0.1) is 12.5 Å². The van der Waals surface area contributed by atoms with Crippen molar-refractivity contribution >= 4 is 22.7 Å². The highest BCUT2D eigenvalue weighted by molar-refractivity contribution is 5.87. The molecule has 1 atom stereocenters. The molecule has 156 valence electrons. The van der Waals surface area contributed by atoms with E-state index in [0.717, 1.165) is 16.3 Å². The normalized spacial score (nSPS) is 12.3. The van der Waals surface area contributed by atoms with Gasteiger partial charge in [-0.25, -0.2) is 0 Å². The topological polar surface area (TPSA) is 105 Å². The number of hydrogen-bond donors (Lipinski definition) is 0. The third-order valence-electron chi connectivity index (χ3n) is 4.05. The van der Waals surface area contributed by atoms with Crippen molar-refractivity contribution in [3.05, 3.63) is 52.1 Å². The fourth-order valence-corrected chi connectivity index (χ4v) is 2.64. The molecule has 1 unspecified atom stereocenters. The summed E-state index contributed by atoms with van der Waals surface area (Å²) >= 11 is 0. The molecule has 0 fully saturated rings. The van der Waals surface area contributed by atoms with Gasteiger partial charge >= 0.3 is 11.9 Å². The fraction of sp³-hybridized carbons (Fsp3) is 0.429. The van der Waals surface area contributed by atoms with E-state index in [4.69, 9.17) is 9.47 Å². The van der Waals surface area contributed by atoms with Crippen molar-refractivity contribution in [1.29, 1.82) is 0 Å². The lowest BCUT2D eigenvalue weighted by Gasteiger charge is -2.22. The van der Waals surface area contributed by atoms with E-state index in [1.165, 1.54) is 0 Å². The van der Waals surface area contributed by atoms with Crippen LogP contribution in [0, 0.1) is 10.1 Å². The largest absolute Gasteiger partial charge is 0.460 e. The van der Waals surface area contributed by atoms with Gasteiger partial charge < -0.3 is 14.3 Å². The molecule has 2 aromatic rings. The van der Waals surface area contributed by atoms with Crippen LogP contribution in [0.3, 0.4) is 0 Å². The molecule has 0 aliphatic heterocycles. The van der Waals surface area contributed by atoms with Crippen LogP contribution in [-0.2, 0) is 19.2 Å². The number of carbonyl (C=O) groups excluding carboxylic acids is 2. The Morgan fingerprint density at radius 1 is 1.10 bits per heavy atom. The molecular formula is C21H25NO7. The first-order valence-electron chi connectivity index (χ1n) is 9.30. The quantitative estimate of drug-likeness (QED) is 0.214. The van der Waals surface area contributed by atoms with Crippen molar-refractivity contribution in [3.63, 3.8) is 0 Å². The summed E-state index contributed by atoms with van der Waals surface area (Å²) in [6, 6.07) is 10.8. The van der Waals surface area contributed by atoms with E-state index < -0.39 is 22.6 Å². The molecule has 0 spiro atoms. The van der Waals surface area contributed by atoms with Gasteiger partial charge in [-0.05, 0) is 62.6 Å². The van der Waals surface area contributed by atoms with Crippen LogP contribution in [0.1, 0.15) is 52.0 Å². The first kappa shape index (κ1) is 22.1. The summed E-state index contributed by atoms with van der Waals surface area (Å²) in [7, 11) is 0. The Morgan fingerprint density at radius 3 is 2.41 bits per heavy atom. The highest BCUT2D eigenvalue weighted by Crippen LogP contribution is 2.27. The van der Waals surface area contributed by atoms with E-state index in [1.54, 1.807) is 25.1 Å². The van der Waals surface area contributed by atoms with E-state index in [1.807, 2.05) is 39.0 Å². The van der Waals surface area contributed by atoms with Gasteiger partial charge in [-0.15, -0.1) is 10.1 Å². The fourth-order valence-electron chi connectivity index (χ4n) is 2.64. The second kappa shape index (κ2) is 9.36. The average Bonchev–Trinajstić information content (AvgIpc) is 2.62. The molecule has 0 saturated carbocycles. The van der Waals surface area contributed by atoms with Crippen LogP contribution in [0.5, 0.6) is 5.75 Å². The van der Waals surface area contributed by atoms with E-state index in [0.29, 0.717) is 5.75 Å². The maximum absolute atomic E-state index is 12.3. The average molecular weight is 403 g/mol. The summed E-state index contributed by atoms with van der Waals surface area (Å²) in [5.41, 5.74) is 0.290. The van der Waals surface area contributed by atoms with Gasteiger partial charge in [-0.3, -0.25) is 9.59 Å². The summed E-state index contributed by atoms with van der Waals surface area (Å²) in [6.45, 7) is 7.13. The molecule has 0 saturated heterocycles. The second-order valence-electron chi connectivity index (χ2n) is 7.66. The second-order valence-corrected chi connectivity index (χ2v) is 7.66. The minimum absolute atomic E-state index is 0.0121. The van der Waals surface area contributed by atoms with Crippen LogP contribution >= 0.6 is 0 Å². The first-order chi connectivity index (χ1) is 13.5. The van der Waals surface area contributed by atoms with Crippen LogP contribution in [0.4, 0.5) is 0 Å². The van der Waals surface area contributed by atoms with Crippen molar-refractivity contribution in [2.24, 2.45) is 0 Å². The number of hydrogen-bond acceptors (Lipinski definition) is 7. The number of ether oxygens (including phenoxy) is 2. The molecule has 0 amide bonds. The van der Waals surface area contributed by atoms with Crippen molar-refractivity contribution < 1.29 is 29.0 Å². The molecule has 0 aromatic heterocycles. The molecular weight excluding hydrogens is 378 g/mol. The lowest BCUT2D eigenvalue weighted by Crippen LogP contribution is -2.26. The summed E-state index contributed by atoms with van der Waals surface area (Å²) in [5, 5.41) is 10.9. The van der Waals surface area contributed by atoms with Gasteiger partial charge in [0.25, 0.3) is 5.09 Å². The number of benzene rings is 2. The SMILES string of the molecule is CC(C(=O)OC(C)(C)C)c1ccc2cc(OC(=O)CCCO[N+](=O)[O-])ccc2c1. The predicted octanol–water partition coefficient (Wildman–Crippen LogP) is 4.18. The number of esters is 2. The Bertz CT molecular complexity index is 902. The maximum Gasteiger partial charge on any atom is 0.313 e. The molecule has 0 N–H and O–H groups in total. The van der Waals surface area contributed by atoms with Gasteiger partial charge in [0.1, 0.15) is 11.4 Å². The van der Waals surface area contributed by atoms with Crippen LogP contribution in [-0.4, -0.2) is 29.2 Å². The minimum atomic E-state index is -0.896. The number of carbonyl (C=O) groups is 2. The molecule has 2 rings (SSSR count). The van der Waals surface area contributed by atoms with Gasteiger partial charge in [-0.1, -0.05) is 24.3 Å². The lowest BCUT2D eigenvalue weighted by atomic mass is 9.97. The minimum Gasteiger partial charge on any atom is -0.460 e. The zero-order valence-electron chi connectivity index (χ0n) is 17.0. The molecule has 0 bridgehead atoms. The predicted molar refractivity (Wildman–Crippen MR) is 106 cm³/mol. The van der Waals surface area contributed by atoms with E-state index in [-0.39, 0.29) is 25.4 Å². The zero-order chi connectivity index (χ0) is 21.6. The lowest BCUT2D eigenvalue weighted by molar-refractivity contribution is -0.757. The van der Waals surface area contributed by atoms with E-state index in [2.05, 4.69) is 4.84 Å². The van der Waals surface area contributed by atoms with Crippen molar-refractivity contribution in [1.82, 2.24) is 0 Å². The molecule has 0 radical (unpaired) electrons. The molecule has 2 aromatic carbocycles. The highest BCUT2D eigenvalue weighted by atomic mass is 16.9. The van der Waals surface area contributed by atoms with Gasteiger partial charge in [0.2, 0.25) is 0 Å². The Kier molecular flexibility index (Phi) is 7.14. The molecule has 0 aliphatic carbocycles. The Hall–Kier alpha value is -3.16. The first-order valence-corrected chi connectivity index (χ1v) is 9.30. The third kappa shape index (κ3) is 7.06. The Balaban J connectivity index is 2.02. The van der Waals surface area contributed by atoms with Crippen LogP contribution in [0.2, 0.25) is 0 Å². The van der Waals surface area contributed by atoms with E-state index in [9.17, 15) is 19.7 Å². The molecule has 0 heterocycles. The van der Waals surface area contributed by atoms with Crippen LogP contribution in [0.15, 0.2) is 36.4 Å². The van der Waals surface area contributed by atoms with Crippen molar-refractivity contribution in [3.8, 4) is 5.75 Å². The van der Waals surface area contributed by atoms with Crippen LogP contribution < -0.4 is 4.74 Å². The van der Waals surface area contributed by atoms with Crippen molar-refractivity contribution in [2.75, 3.05) is 6.61 Å². The summed E-state index contributed by atoms with van der Waals surface area (Å²) in [4.78, 5) is 38.3. The van der Waals surface area contributed by atoms with E-state index >= 15 is 0 Å². The summed E-state index contributed by atoms with van der Waals surface area (Å²) in [6.07, 6.45) is 0.206. The summed E-state index contributed by atoms with van der Waals surface area (Å²) in [5.74, 6) is -0.807. The zero-order valence-corrected chi connectivity index (χ0v) is 17.0. The Morgan fingerprint density at radius 2 is 1.76 bits per heavy atom. The highest BCUT2D eigenvalue weighted by Gasteiger charge is 2.23. The van der Waals surface area contributed by atoms with Gasteiger partial charge in [0, 0.05) is 6.42 Å². The number of nitrogens with zero attached hydrogens (tertiary/aromatic N) is 1. The monoisotopic (exact) mass is 403 g/mol. The summed E-state index contributed by atoms with van der Waals surface area (Å²) < 4.78 is 10.7. The van der Waals surface area contributed by atoms with Crippen LogP contribution in [0.25, 0.3) is 10.8 Å². The van der Waals surface area contributed by atoms with Gasteiger partial charge in [-0.2, -0.15) is 0 Å². The number of fused-ring (bicyclic) bond motifs is 1.